The first-order valence-corrected chi connectivity index (χ1v) is 32.1. The molecule has 88 heavy (non-hydrogen) atoms. The van der Waals surface area contributed by atoms with Crippen molar-refractivity contribution in [3.05, 3.63) is 363 Å². The van der Waals surface area contributed by atoms with Crippen LogP contribution in [0.4, 0.5) is 17.1 Å². The summed E-state index contributed by atoms with van der Waals surface area (Å²) in [7, 11) is 0. The van der Waals surface area contributed by atoms with Crippen LogP contribution in [0, 0.1) is 6.92 Å². The highest BCUT2D eigenvalue weighted by molar-refractivity contribution is 5.91. The predicted molar refractivity (Wildman–Crippen MR) is 376 cm³/mol. The number of nitrogens with zero attached hydrogens (tertiary/aromatic N) is 1. The second-order valence-corrected chi connectivity index (χ2v) is 24.8. The van der Waals surface area contributed by atoms with Gasteiger partial charge < -0.3 is 4.90 Å². The first kappa shape index (κ1) is 56.3. The molecule has 430 valence electrons. The van der Waals surface area contributed by atoms with Gasteiger partial charge in [0.25, 0.3) is 0 Å². The topological polar surface area (TPSA) is 3.24 Å². The van der Waals surface area contributed by atoms with Crippen LogP contribution in [0.5, 0.6) is 0 Å². The zero-order valence-corrected chi connectivity index (χ0v) is 51.1. The van der Waals surface area contributed by atoms with Gasteiger partial charge in [0.1, 0.15) is 0 Å². The molecule has 5 aliphatic carbocycles. The van der Waals surface area contributed by atoms with Crippen LogP contribution in [-0.2, 0) is 24.7 Å². The molecule has 0 aromatic heterocycles. The second-order valence-electron chi connectivity index (χ2n) is 24.8. The summed E-state index contributed by atoms with van der Waals surface area (Å²) in [4.78, 5) is 2.52. The average Bonchev–Trinajstić information content (AvgIpc) is 1.57. The summed E-state index contributed by atoms with van der Waals surface area (Å²) in [5.41, 5.74) is 31.0. The average molecular weight is 1140 g/mol. The standard InChI is InChI=1S/C87H77N/c1-5-24-63-42-43-64(40-38-60(3)55-62(63)6-2)65-44-49-73(50-45-65)88(75-51-46-68-27-11-7-8-22-54-87(85(68)58-75,71-29-12-9-13-30-71)72-31-14-10-15-32-72)74-33-23-28-69(56-74)70-48-52-79-78-36-20-21-37-80(78)86(84(79)57-70)81-53-47-67-26-17-19-35-77(67)83(81)59-82-61(4)39-41-66-25-16-18-34-76(66)82/h5-9,11-14,17-24,26,28-37,39,41,43-53,56-58,86H,2-3,10,15-16,25,27,38,40,42,54-55,59H2,1,4H3/b11-7-,22-8-,24-5-,63-62-,64-43+. The fourth-order valence-corrected chi connectivity index (χ4v) is 15.2. The molecule has 14 rings (SSSR count). The van der Waals surface area contributed by atoms with E-state index in [-0.39, 0.29) is 5.92 Å². The summed E-state index contributed by atoms with van der Waals surface area (Å²) in [5.74, 6) is 0.0566. The highest BCUT2D eigenvalue weighted by atomic mass is 15.1. The molecule has 9 aromatic carbocycles. The van der Waals surface area contributed by atoms with Crippen LogP contribution in [0.15, 0.2) is 296 Å². The van der Waals surface area contributed by atoms with Gasteiger partial charge in [0, 0.05) is 28.4 Å². The predicted octanol–water partition coefficient (Wildman–Crippen LogP) is 23.2. The minimum absolute atomic E-state index is 0.0566. The Bertz CT molecular complexity index is 4460. The van der Waals surface area contributed by atoms with Crippen LogP contribution < -0.4 is 4.90 Å². The van der Waals surface area contributed by atoms with E-state index >= 15 is 0 Å². The lowest BCUT2D eigenvalue weighted by molar-refractivity contribution is 0.614. The zero-order chi connectivity index (χ0) is 59.6. The largest absolute Gasteiger partial charge is 0.310 e. The molecule has 0 heterocycles. The van der Waals surface area contributed by atoms with Crippen molar-refractivity contribution >= 4 is 39.5 Å². The minimum Gasteiger partial charge on any atom is -0.310 e. The summed E-state index contributed by atoms with van der Waals surface area (Å²) < 4.78 is 0. The van der Waals surface area contributed by atoms with Gasteiger partial charge in [-0.25, -0.2) is 0 Å². The van der Waals surface area contributed by atoms with Crippen molar-refractivity contribution in [1.29, 1.82) is 0 Å². The van der Waals surface area contributed by atoms with Crippen LogP contribution in [0.2, 0.25) is 0 Å². The number of aryl methyl sites for hydroxylation is 2. The molecule has 0 fully saturated rings. The first-order chi connectivity index (χ1) is 43.4. The van der Waals surface area contributed by atoms with Gasteiger partial charge in [-0.15, -0.1) is 0 Å². The molecule has 0 saturated carbocycles. The SMILES string of the molecule is C=C/C1=C(\C=C/C)C/C=C(/c2ccc(N(c3cccc(-c4ccc5c(c4)C(c4ccc6ccccc6c4Cc4c(C)ccc6c4C=CCC6)c4ccccc4-5)c3)c3ccc4c(c3)C(C3=CCCC=C3)(c3ccccc3)C/C=C\C=C/C4)cc2)CCC(=C)C1. The molecule has 0 aliphatic heterocycles. The molecular weight excluding hydrogens is 1060 g/mol. The summed E-state index contributed by atoms with van der Waals surface area (Å²) in [6.07, 6.45) is 40.6. The maximum atomic E-state index is 4.55. The number of fused-ring (bicyclic) bond motifs is 6. The third-order valence-corrected chi connectivity index (χ3v) is 19.6. The lowest BCUT2D eigenvalue weighted by Gasteiger charge is -2.39. The van der Waals surface area contributed by atoms with E-state index in [9.17, 15) is 0 Å². The van der Waals surface area contributed by atoms with E-state index in [1.807, 2.05) is 6.08 Å². The molecule has 0 spiro atoms. The van der Waals surface area contributed by atoms with Gasteiger partial charge in [-0.3, -0.25) is 0 Å². The third kappa shape index (κ3) is 10.6. The number of allylic oxidation sites excluding steroid dienone is 17. The Hall–Kier alpha value is -9.56. The smallest absolute Gasteiger partial charge is 0.0486 e. The second kappa shape index (κ2) is 24.7. The van der Waals surface area contributed by atoms with E-state index in [4.69, 9.17) is 0 Å². The number of hydrogen-bond acceptors (Lipinski definition) is 1. The van der Waals surface area contributed by atoms with E-state index in [1.54, 1.807) is 0 Å². The van der Waals surface area contributed by atoms with E-state index in [2.05, 4.69) is 293 Å². The fourth-order valence-electron chi connectivity index (χ4n) is 15.2. The Kier molecular flexibility index (Phi) is 15.8. The first-order valence-electron chi connectivity index (χ1n) is 32.1. The lowest BCUT2D eigenvalue weighted by Crippen LogP contribution is -2.31. The summed E-state index contributed by atoms with van der Waals surface area (Å²) in [5, 5.41) is 2.63. The number of anilines is 3. The molecule has 0 saturated heterocycles. The molecule has 0 N–H and O–H groups in total. The Balaban J connectivity index is 0.920. The van der Waals surface area contributed by atoms with E-state index in [1.165, 1.54) is 128 Å². The summed E-state index contributed by atoms with van der Waals surface area (Å²) in [6, 6.07) is 72.5. The Labute approximate surface area is 522 Å². The van der Waals surface area contributed by atoms with Crippen LogP contribution in [-0.4, -0.2) is 0 Å². The van der Waals surface area contributed by atoms with Crippen molar-refractivity contribution in [3.63, 3.8) is 0 Å². The number of hydrogen-bond donors (Lipinski definition) is 0. The van der Waals surface area contributed by atoms with Gasteiger partial charge in [0.15, 0.2) is 0 Å². The Morgan fingerprint density at radius 2 is 1.33 bits per heavy atom. The van der Waals surface area contributed by atoms with Crippen molar-refractivity contribution in [2.75, 3.05) is 4.90 Å². The van der Waals surface area contributed by atoms with Crippen molar-refractivity contribution in [2.24, 2.45) is 0 Å². The van der Waals surface area contributed by atoms with Crippen LogP contribution in [0.25, 0.3) is 44.7 Å². The zero-order valence-electron chi connectivity index (χ0n) is 51.1. The highest BCUT2D eigenvalue weighted by Crippen LogP contribution is 2.53. The Morgan fingerprint density at radius 3 is 2.19 bits per heavy atom. The van der Waals surface area contributed by atoms with Gasteiger partial charge in [0.2, 0.25) is 0 Å². The maximum absolute atomic E-state index is 4.55. The number of rotatable bonds is 12. The minimum atomic E-state index is -0.414. The highest BCUT2D eigenvalue weighted by Gasteiger charge is 2.39. The molecule has 0 amide bonds. The van der Waals surface area contributed by atoms with E-state index in [0.29, 0.717) is 0 Å². The van der Waals surface area contributed by atoms with Gasteiger partial charge in [-0.05, 0) is 249 Å². The van der Waals surface area contributed by atoms with Crippen LogP contribution >= 0.6 is 0 Å². The Morgan fingerprint density at radius 1 is 0.557 bits per heavy atom. The van der Waals surface area contributed by atoms with Gasteiger partial charge in [0.05, 0.1) is 0 Å². The quantitative estimate of drug-likeness (QED) is 0.110. The monoisotopic (exact) mass is 1140 g/mol. The van der Waals surface area contributed by atoms with E-state index < -0.39 is 5.41 Å². The van der Waals surface area contributed by atoms with Crippen molar-refractivity contribution in [2.45, 2.75) is 95.8 Å². The summed E-state index contributed by atoms with van der Waals surface area (Å²) in [6.45, 7) is 13.2. The molecule has 1 nitrogen and oxygen atoms in total. The molecule has 0 radical (unpaired) electrons. The van der Waals surface area contributed by atoms with E-state index in [0.717, 1.165) is 87.7 Å². The van der Waals surface area contributed by atoms with Crippen LogP contribution in [0.1, 0.15) is 131 Å². The molecule has 2 unspecified atom stereocenters. The fraction of sp³-hybridized carbons (Fsp3) is 0.172. The van der Waals surface area contributed by atoms with Gasteiger partial charge >= 0.3 is 0 Å². The van der Waals surface area contributed by atoms with Crippen molar-refractivity contribution in [1.82, 2.24) is 0 Å². The molecule has 1 heteroatoms. The maximum Gasteiger partial charge on any atom is 0.0486 e. The molecule has 0 bridgehead atoms. The summed E-state index contributed by atoms with van der Waals surface area (Å²) >= 11 is 0. The molecule has 5 aliphatic rings. The van der Waals surface area contributed by atoms with Crippen LogP contribution in [0.3, 0.4) is 0 Å². The van der Waals surface area contributed by atoms with Gasteiger partial charge in [-0.2, -0.15) is 0 Å². The molecule has 9 aromatic rings. The number of benzene rings is 9. The van der Waals surface area contributed by atoms with Crippen molar-refractivity contribution < 1.29 is 0 Å². The van der Waals surface area contributed by atoms with Crippen molar-refractivity contribution in [3.8, 4) is 22.3 Å². The molecule has 2 atom stereocenters. The lowest BCUT2D eigenvalue weighted by atomic mass is 9.64. The van der Waals surface area contributed by atoms with Gasteiger partial charge in [-0.1, -0.05) is 243 Å². The molecular formula is C87H77N. The normalized spacial score (nSPS) is 20.2. The third-order valence-electron chi connectivity index (χ3n) is 19.6.